The molecule has 12 heteroatoms. The van der Waals surface area contributed by atoms with Gasteiger partial charge in [0.05, 0.1) is 13.2 Å². The monoisotopic (exact) mass is 473 g/mol. The Morgan fingerprint density at radius 3 is 1.92 bits per heavy atom. The zero-order valence-electron chi connectivity index (χ0n) is 14.0. The summed E-state index contributed by atoms with van der Waals surface area (Å²) < 4.78 is 29.9. The normalized spacial score (nSPS) is 31.0. The summed E-state index contributed by atoms with van der Waals surface area (Å²) in [6.07, 6.45) is 0. The zero-order chi connectivity index (χ0) is 18.8. The van der Waals surface area contributed by atoms with Gasteiger partial charge in [0, 0.05) is 0 Å². The molecule has 0 spiro atoms. The zero-order valence-corrected chi connectivity index (χ0v) is 18.9. The first-order valence-electron chi connectivity index (χ1n) is 7.77. The highest BCUT2D eigenvalue weighted by Crippen LogP contribution is 2.83. The lowest BCUT2D eigenvalue weighted by atomic mass is 10.1. The second-order valence-corrected chi connectivity index (χ2v) is 14.8. The SMILES string of the molecule is CCO[P@]1(Cl)=N[P@](Cl)(Oc2ccc3ccccc3c2)=N[P@](Cl)(OCC)=N1. The maximum Gasteiger partial charge on any atom is 0.352 e. The van der Waals surface area contributed by atoms with Crippen molar-refractivity contribution in [1.82, 2.24) is 0 Å². The van der Waals surface area contributed by atoms with Crippen molar-refractivity contribution in [3.8, 4) is 5.75 Å². The van der Waals surface area contributed by atoms with Crippen molar-refractivity contribution in [1.29, 1.82) is 0 Å². The minimum Gasteiger partial charge on any atom is -0.431 e. The van der Waals surface area contributed by atoms with Gasteiger partial charge in [-0.25, -0.2) is 0 Å². The van der Waals surface area contributed by atoms with Gasteiger partial charge in [0.25, 0.3) is 0 Å². The third kappa shape index (κ3) is 4.87. The first-order valence-corrected chi connectivity index (χ1v) is 15.3. The lowest BCUT2D eigenvalue weighted by Gasteiger charge is -2.26. The number of halogens is 3. The molecule has 3 rings (SSSR count). The van der Waals surface area contributed by atoms with Crippen molar-refractivity contribution in [2.24, 2.45) is 13.5 Å². The van der Waals surface area contributed by atoms with Gasteiger partial charge in [-0.2, -0.15) is 13.5 Å². The minimum atomic E-state index is -3.25. The molecule has 0 radical (unpaired) electrons. The Labute approximate surface area is 167 Å². The van der Waals surface area contributed by atoms with Crippen molar-refractivity contribution in [2.75, 3.05) is 13.2 Å². The Hall–Kier alpha value is -0.0200. The number of nitrogens with zero attached hydrogens (tertiary/aromatic N) is 3. The fourth-order valence-corrected chi connectivity index (χ4v) is 15.8. The molecule has 0 aromatic heterocycles. The third-order valence-electron chi connectivity index (χ3n) is 3.19. The number of benzene rings is 2. The van der Waals surface area contributed by atoms with Gasteiger partial charge >= 0.3 is 20.4 Å². The van der Waals surface area contributed by atoms with Crippen LogP contribution < -0.4 is 4.52 Å². The smallest absolute Gasteiger partial charge is 0.352 e. The van der Waals surface area contributed by atoms with Crippen molar-refractivity contribution in [2.45, 2.75) is 13.8 Å². The van der Waals surface area contributed by atoms with E-state index in [1.807, 2.05) is 36.4 Å². The minimum absolute atomic E-state index is 0.306. The van der Waals surface area contributed by atoms with Crippen LogP contribution in [0.3, 0.4) is 0 Å². The molecule has 0 bridgehead atoms. The van der Waals surface area contributed by atoms with Crippen molar-refractivity contribution in [3.05, 3.63) is 42.5 Å². The van der Waals surface area contributed by atoms with Crippen LogP contribution in [0.15, 0.2) is 56.0 Å². The summed E-state index contributed by atoms with van der Waals surface area (Å²) in [5, 5.41) is 2.08. The molecule has 0 unspecified atom stereocenters. The molecule has 1 aliphatic heterocycles. The third-order valence-corrected chi connectivity index (χ3v) is 14.5. The lowest BCUT2D eigenvalue weighted by molar-refractivity contribution is 0.372. The summed E-state index contributed by atoms with van der Waals surface area (Å²) in [5.41, 5.74) is 0. The summed E-state index contributed by atoms with van der Waals surface area (Å²) >= 11 is 19.5. The molecular formula is C14H17Cl3N3O3P3. The maximum atomic E-state index is 6.62. The van der Waals surface area contributed by atoms with Crippen LogP contribution in [0.25, 0.3) is 10.8 Å². The van der Waals surface area contributed by atoms with Gasteiger partial charge in [0.2, 0.25) is 0 Å². The van der Waals surface area contributed by atoms with E-state index < -0.39 is 20.4 Å². The highest BCUT2D eigenvalue weighted by Gasteiger charge is 2.37. The predicted molar refractivity (Wildman–Crippen MR) is 113 cm³/mol. The van der Waals surface area contributed by atoms with E-state index in [-0.39, 0.29) is 0 Å². The molecule has 0 saturated heterocycles. The molecule has 1 heterocycles. The Morgan fingerprint density at radius 2 is 1.31 bits per heavy atom. The molecule has 142 valence electrons. The second-order valence-electron chi connectivity index (χ2n) is 5.12. The number of hydrogen-bond acceptors (Lipinski definition) is 6. The Kier molecular flexibility index (Phi) is 6.49. The molecule has 1 aliphatic rings. The molecule has 0 aliphatic carbocycles. The van der Waals surface area contributed by atoms with Crippen LogP contribution in [0.5, 0.6) is 5.75 Å². The molecule has 0 saturated carbocycles. The summed E-state index contributed by atoms with van der Waals surface area (Å²) in [5.74, 6) is 0.515. The number of hydrogen-bond donors (Lipinski definition) is 0. The van der Waals surface area contributed by atoms with E-state index >= 15 is 0 Å². The summed E-state index contributed by atoms with van der Waals surface area (Å²) in [4.78, 5) is 0. The van der Waals surface area contributed by atoms with E-state index in [1.165, 1.54) is 0 Å². The van der Waals surface area contributed by atoms with Crippen LogP contribution in [0.2, 0.25) is 0 Å². The van der Waals surface area contributed by atoms with E-state index in [9.17, 15) is 0 Å². The second kappa shape index (κ2) is 8.15. The van der Waals surface area contributed by atoms with Gasteiger partial charge in [0.1, 0.15) is 5.75 Å². The van der Waals surface area contributed by atoms with Crippen LogP contribution in [-0.2, 0) is 9.05 Å². The average Bonchev–Trinajstić information content (AvgIpc) is 2.52. The van der Waals surface area contributed by atoms with Gasteiger partial charge in [0.15, 0.2) is 0 Å². The molecule has 0 fully saturated rings. The van der Waals surface area contributed by atoms with Crippen molar-refractivity contribution < 1.29 is 13.6 Å². The van der Waals surface area contributed by atoms with Gasteiger partial charge in [-0.3, -0.25) is 0 Å². The molecule has 2 aromatic carbocycles. The lowest BCUT2D eigenvalue weighted by Crippen LogP contribution is -1.92. The quantitative estimate of drug-likeness (QED) is 0.393. The summed E-state index contributed by atoms with van der Waals surface area (Å²) in [6.45, 7) is -5.28. The average molecular weight is 475 g/mol. The van der Waals surface area contributed by atoms with E-state index in [0.29, 0.717) is 19.0 Å². The van der Waals surface area contributed by atoms with Crippen LogP contribution in [0.1, 0.15) is 13.8 Å². The Balaban J connectivity index is 2.06. The van der Waals surface area contributed by atoms with Crippen molar-refractivity contribution in [3.63, 3.8) is 0 Å². The summed E-state index contributed by atoms with van der Waals surface area (Å²) in [7, 11) is 0. The van der Waals surface area contributed by atoms with Crippen LogP contribution in [-0.4, -0.2) is 13.2 Å². The van der Waals surface area contributed by atoms with E-state index in [0.717, 1.165) is 10.8 Å². The standard InChI is InChI=1S/C14H17Cl3N3O3P3/c1-3-21-24(15)18-25(16,22-4-2)20-26(17,19-24)23-14-10-9-12-7-5-6-8-13(12)11-14/h5-11H,3-4H2,1-2H3/t24-,25+,26-. The first kappa shape index (κ1) is 20.7. The molecule has 26 heavy (non-hydrogen) atoms. The topological polar surface area (TPSA) is 64.8 Å². The molecular weight excluding hydrogens is 457 g/mol. The molecule has 0 N–H and O–H groups in total. The van der Waals surface area contributed by atoms with E-state index in [1.54, 1.807) is 19.9 Å². The molecule has 3 atom stereocenters. The van der Waals surface area contributed by atoms with E-state index in [2.05, 4.69) is 13.5 Å². The van der Waals surface area contributed by atoms with Gasteiger partial charge < -0.3 is 13.6 Å². The summed E-state index contributed by atoms with van der Waals surface area (Å²) in [6, 6.07) is 13.5. The molecule has 2 aromatic rings. The number of rotatable bonds is 6. The highest BCUT2D eigenvalue weighted by molar-refractivity contribution is 8.05. The van der Waals surface area contributed by atoms with Crippen LogP contribution in [0, 0.1) is 0 Å². The maximum absolute atomic E-state index is 6.62. The fraction of sp³-hybridized carbons (Fsp3) is 0.286. The highest BCUT2D eigenvalue weighted by atomic mass is 35.7. The van der Waals surface area contributed by atoms with Gasteiger partial charge in [-0.15, -0.1) is 0 Å². The van der Waals surface area contributed by atoms with Gasteiger partial charge in [-0.1, -0.05) is 30.3 Å². The fourth-order valence-electron chi connectivity index (χ4n) is 2.29. The Morgan fingerprint density at radius 1 is 0.769 bits per heavy atom. The Bertz CT molecular complexity index is 987. The van der Waals surface area contributed by atoms with E-state index in [4.69, 9.17) is 47.3 Å². The molecule has 6 nitrogen and oxygen atoms in total. The van der Waals surface area contributed by atoms with Crippen LogP contribution >= 0.6 is 54.1 Å². The van der Waals surface area contributed by atoms with Gasteiger partial charge in [-0.05, 0) is 70.5 Å². The number of fused-ring (bicyclic) bond motifs is 1. The van der Waals surface area contributed by atoms with Crippen molar-refractivity contribution >= 4 is 64.8 Å². The largest absolute Gasteiger partial charge is 0.431 e. The van der Waals surface area contributed by atoms with Crippen LogP contribution in [0.4, 0.5) is 0 Å². The predicted octanol–water partition coefficient (Wildman–Crippen LogP) is 8.86. The molecule has 0 amide bonds. The first-order chi connectivity index (χ1) is 12.3.